The van der Waals surface area contributed by atoms with Gasteiger partial charge in [-0.15, -0.1) is 0 Å². The Morgan fingerprint density at radius 3 is 2.46 bits per heavy atom. The van der Waals surface area contributed by atoms with Crippen LogP contribution < -0.4 is 0 Å². The zero-order valence-corrected chi connectivity index (χ0v) is 8.98. The van der Waals surface area contributed by atoms with Crippen molar-refractivity contribution in [3.05, 3.63) is 11.6 Å². The second-order valence-electron chi connectivity index (χ2n) is 5.65. The molecule has 2 bridgehead atoms. The van der Waals surface area contributed by atoms with Crippen LogP contribution in [0.4, 0.5) is 0 Å². The summed E-state index contributed by atoms with van der Waals surface area (Å²) in [7, 11) is 0. The van der Waals surface area contributed by atoms with Gasteiger partial charge in [-0.05, 0) is 31.6 Å². The minimum absolute atomic E-state index is 0.150. The Morgan fingerprint density at radius 1 is 1.38 bits per heavy atom. The highest BCUT2D eigenvalue weighted by atomic mass is 16.1. The van der Waals surface area contributed by atoms with Crippen molar-refractivity contribution in [2.45, 2.75) is 40.5 Å². The molecule has 0 aromatic heterocycles. The molecule has 13 heavy (non-hydrogen) atoms. The molecule has 2 atom stereocenters. The van der Waals surface area contributed by atoms with Crippen molar-refractivity contribution in [2.75, 3.05) is 0 Å². The van der Waals surface area contributed by atoms with Crippen LogP contribution in [0.25, 0.3) is 0 Å². The van der Waals surface area contributed by atoms with Crippen molar-refractivity contribution < 1.29 is 4.79 Å². The predicted molar refractivity (Wildman–Crippen MR) is 53.4 cm³/mol. The monoisotopic (exact) mass is 178 g/mol. The number of fused-ring (bicyclic) bond motifs is 2. The highest BCUT2D eigenvalue weighted by molar-refractivity contribution is 5.89. The standard InChI is InChI=1S/C12H18O/c1-8-6-12(4)7-11(2,3)9(8)5-10(12)13/h6,9H,5,7H2,1-4H3. The lowest BCUT2D eigenvalue weighted by molar-refractivity contribution is -0.134. The third kappa shape index (κ3) is 1.09. The number of ketones is 1. The molecule has 3 rings (SSSR count). The lowest BCUT2D eigenvalue weighted by Gasteiger charge is -2.51. The molecule has 1 heteroatoms. The van der Waals surface area contributed by atoms with E-state index < -0.39 is 0 Å². The van der Waals surface area contributed by atoms with E-state index in [1.807, 2.05) is 0 Å². The molecule has 3 aliphatic rings. The Labute approximate surface area is 80.2 Å². The fraction of sp³-hybridized carbons (Fsp3) is 0.750. The fourth-order valence-electron chi connectivity index (χ4n) is 3.38. The molecule has 2 unspecified atom stereocenters. The second-order valence-corrected chi connectivity index (χ2v) is 5.65. The first-order chi connectivity index (χ1) is 5.85. The molecule has 0 aromatic carbocycles. The lowest BCUT2D eigenvalue weighted by atomic mass is 9.52. The number of allylic oxidation sites excluding steroid dienone is 2. The van der Waals surface area contributed by atoms with Crippen LogP contribution in [0, 0.1) is 16.7 Å². The quantitative estimate of drug-likeness (QED) is 0.521. The minimum atomic E-state index is -0.150. The number of hydrogen-bond acceptors (Lipinski definition) is 1. The van der Waals surface area contributed by atoms with Gasteiger partial charge in [-0.2, -0.15) is 0 Å². The van der Waals surface area contributed by atoms with Crippen LogP contribution in [0.5, 0.6) is 0 Å². The van der Waals surface area contributed by atoms with E-state index in [9.17, 15) is 4.79 Å². The van der Waals surface area contributed by atoms with E-state index in [2.05, 4.69) is 33.8 Å². The second kappa shape index (κ2) is 2.26. The fourth-order valence-corrected chi connectivity index (χ4v) is 3.38. The summed E-state index contributed by atoms with van der Waals surface area (Å²) in [6.45, 7) is 8.85. The summed E-state index contributed by atoms with van der Waals surface area (Å²) in [6.07, 6.45) is 4.00. The summed E-state index contributed by atoms with van der Waals surface area (Å²) >= 11 is 0. The first-order valence-corrected chi connectivity index (χ1v) is 5.08. The minimum Gasteiger partial charge on any atom is -0.299 e. The van der Waals surface area contributed by atoms with Gasteiger partial charge in [-0.1, -0.05) is 25.5 Å². The van der Waals surface area contributed by atoms with Crippen LogP contribution in [0.3, 0.4) is 0 Å². The van der Waals surface area contributed by atoms with Crippen molar-refractivity contribution in [3.63, 3.8) is 0 Å². The van der Waals surface area contributed by atoms with Crippen LogP contribution in [0.15, 0.2) is 11.6 Å². The van der Waals surface area contributed by atoms with Crippen LogP contribution in [0.1, 0.15) is 40.5 Å². The molecule has 0 amide bonds. The zero-order valence-electron chi connectivity index (χ0n) is 8.98. The van der Waals surface area contributed by atoms with Gasteiger partial charge in [-0.3, -0.25) is 4.79 Å². The Hall–Kier alpha value is -0.590. The van der Waals surface area contributed by atoms with Crippen molar-refractivity contribution in [1.29, 1.82) is 0 Å². The number of carbonyl (C=O) groups excluding carboxylic acids is 1. The van der Waals surface area contributed by atoms with Crippen molar-refractivity contribution >= 4 is 5.78 Å². The number of hydrogen-bond donors (Lipinski definition) is 0. The average Bonchev–Trinajstić information content (AvgIpc) is 1.92. The largest absolute Gasteiger partial charge is 0.299 e. The molecular weight excluding hydrogens is 160 g/mol. The van der Waals surface area contributed by atoms with Crippen LogP contribution >= 0.6 is 0 Å². The molecule has 1 fully saturated rings. The molecule has 72 valence electrons. The molecule has 0 spiro atoms. The first kappa shape index (κ1) is 8.98. The van der Waals surface area contributed by atoms with Gasteiger partial charge in [0.1, 0.15) is 5.78 Å². The molecule has 0 heterocycles. The van der Waals surface area contributed by atoms with Crippen LogP contribution in [-0.4, -0.2) is 5.78 Å². The summed E-state index contributed by atoms with van der Waals surface area (Å²) in [4.78, 5) is 11.8. The first-order valence-electron chi connectivity index (χ1n) is 5.08. The smallest absolute Gasteiger partial charge is 0.143 e. The van der Waals surface area contributed by atoms with E-state index in [1.165, 1.54) is 5.57 Å². The van der Waals surface area contributed by atoms with Gasteiger partial charge in [0.05, 0.1) is 0 Å². The van der Waals surface area contributed by atoms with E-state index in [1.54, 1.807) is 0 Å². The maximum atomic E-state index is 11.8. The van der Waals surface area contributed by atoms with Gasteiger partial charge in [-0.25, -0.2) is 0 Å². The van der Waals surface area contributed by atoms with Crippen LogP contribution in [-0.2, 0) is 4.79 Å². The van der Waals surface area contributed by atoms with E-state index >= 15 is 0 Å². The van der Waals surface area contributed by atoms with Gasteiger partial charge in [0, 0.05) is 11.8 Å². The Balaban J connectivity index is 2.51. The Bertz CT molecular complexity index is 298. The molecule has 0 saturated heterocycles. The molecule has 1 saturated carbocycles. The van der Waals surface area contributed by atoms with E-state index in [0.717, 1.165) is 12.8 Å². The zero-order chi connectivity index (χ0) is 9.85. The third-order valence-corrected chi connectivity index (χ3v) is 3.89. The Kier molecular flexibility index (Phi) is 1.56. The van der Waals surface area contributed by atoms with E-state index in [4.69, 9.17) is 0 Å². The molecule has 0 aliphatic heterocycles. The molecule has 0 aromatic rings. The number of carbonyl (C=O) groups is 1. The van der Waals surface area contributed by atoms with Gasteiger partial charge in [0.2, 0.25) is 0 Å². The van der Waals surface area contributed by atoms with Gasteiger partial charge in [0.25, 0.3) is 0 Å². The third-order valence-electron chi connectivity index (χ3n) is 3.89. The van der Waals surface area contributed by atoms with Gasteiger partial charge >= 0.3 is 0 Å². The van der Waals surface area contributed by atoms with Crippen molar-refractivity contribution in [2.24, 2.45) is 16.7 Å². The van der Waals surface area contributed by atoms with E-state index in [0.29, 0.717) is 17.1 Å². The van der Waals surface area contributed by atoms with Crippen molar-refractivity contribution in [3.8, 4) is 0 Å². The maximum Gasteiger partial charge on any atom is 0.143 e. The lowest BCUT2D eigenvalue weighted by Crippen LogP contribution is -2.47. The highest BCUT2D eigenvalue weighted by Gasteiger charge is 2.51. The molecule has 3 aliphatic carbocycles. The maximum absolute atomic E-state index is 11.8. The van der Waals surface area contributed by atoms with Crippen LogP contribution in [0.2, 0.25) is 0 Å². The van der Waals surface area contributed by atoms with E-state index in [-0.39, 0.29) is 5.41 Å². The number of rotatable bonds is 0. The van der Waals surface area contributed by atoms with Gasteiger partial charge < -0.3 is 0 Å². The molecule has 0 N–H and O–H groups in total. The summed E-state index contributed by atoms with van der Waals surface area (Å²) in [5.41, 5.74) is 1.60. The molecule has 0 radical (unpaired) electrons. The average molecular weight is 178 g/mol. The topological polar surface area (TPSA) is 17.1 Å². The molecule has 1 nitrogen and oxygen atoms in total. The summed E-state index contributed by atoms with van der Waals surface area (Å²) in [6, 6.07) is 0. The van der Waals surface area contributed by atoms with Gasteiger partial charge in [0.15, 0.2) is 0 Å². The van der Waals surface area contributed by atoms with Crippen molar-refractivity contribution in [1.82, 2.24) is 0 Å². The summed E-state index contributed by atoms with van der Waals surface area (Å²) in [5.74, 6) is 0.948. The highest BCUT2D eigenvalue weighted by Crippen LogP contribution is 2.55. The Morgan fingerprint density at radius 2 is 2.00 bits per heavy atom. The summed E-state index contributed by atoms with van der Waals surface area (Å²) < 4.78 is 0. The normalized spacial score (nSPS) is 42.0. The predicted octanol–water partition coefficient (Wildman–Crippen LogP) is 2.96. The summed E-state index contributed by atoms with van der Waals surface area (Å²) in [5, 5.41) is 0. The SMILES string of the molecule is CC1=CC2(C)CC(C)(C)C1CC2=O. The number of Topliss-reactive ketones (excluding diaryl/α,β-unsaturated/α-hetero) is 1. The molecular formula is C12H18O.